The molecule has 4 heterocycles. The van der Waals surface area contributed by atoms with Gasteiger partial charge < -0.3 is 0 Å². The summed E-state index contributed by atoms with van der Waals surface area (Å²) in [4.78, 5) is 8.02. The van der Waals surface area contributed by atoms with Gasteiger partial charge in [0.25, 0.3) is 0 Å². The molecule has 0 bridgehead atoms. The molecule has 0 saturated heterocycles. The van der Waals surface area contributed by atoms with Gasteiger partial charge in [0, 0.05) is 18.1 Å². The molecular formula is C19H12ClF6N7S2. The van der Waals surface area contributed by atoms with Crippen LogP contribution in [0.2, 0.25) is 5.02 Å². The van der Waals surface area contributed by atoms with Crippen LogP contribution in [0.25, 0.3) is 16.6 Å². The van der Waals surface area contributed by atoms with Crippen molar-refractivity contribution in [2.24, 2.45) is 0 Å². The lowest BCUT2D eigenvalue weighted by Crippen LogP contribution is -2.13. The van der Waals surface area contributed by atoms with Crippen molar-refractivity contribution in [3.8, 4) is 16.6 Å². The molecule has 0 unspecified atom stereocenters. The third-order valence-electron chi connectivity index (χ3n) is 4.38. The summed E-state index contributed by atoms with van der Waals surface area (Å²) in [6.07, 6.45) is -7.06. The Labute approximate surface area is 206 Å². The minimum absolute atomic E-state index is 0.0322. The third-order valence-corrected chi connectivity index (χ3v) is 6.60. The van der Waals surface area contributed by atoms with Crippen LogP contribution in [0.15, 0.2) is 46.5 Å². The number of halogens is 7. The summed E-state index contributed by atoms with van der Waals surface area (Å²) >= 11 is 7.78. The predicted octanol–water partition coefficient (Wildman–Crippen LogP) is 6.32. The van der Waals surface area contributed by atoms with Gasteiger partial charge in [0.15, 0.2) is 16.7 Å². The highest BCUT2D eigenvalue weighted by Gasteiger charge is 2.37. The molecule has 0 N–H and O–H groups in total. The average molecular weight is 552 g/mol. The van der Waals surface area contributed by atoms with Crippen LogP contribution in [0.3, 0.4) is 0 Å². The van der Waals surface area contributed by atoms with E-state index >= 15 is 0 Å². The zero-order chi connectivity index (χ0) is 25.5. The lowest BCUT2D eigenvalue weighted by Gasteiger charge is -2.09. The molecule has 0 atom stereocenters. The van der Waals surface area contributed by atoms with Gasteiger partial charge in [-0.2, -0.15) is 31.4 Å². The normalized spacial score (nSPS) is 12.3. The molecule has 0 aliphatic rings. The lowest BCUT2D eigenvalue weighted by atomic mass is 10.3. The van der Waals surface area contributed by atoms with E-state index in [1.165, 1.54) is 22.9 Å². The fourth-order valence-electron chi connectivity index (χ4n) is 2.90. The Morgan fingerprint density at radius 3 is 2.51 bits per heavy atom. The SMILES string of the molecule is C=CCn1c(Sc2ncc(C(F)(F)F)cc2Cl)nnc1-c1csc(-n2nc(C)cc2C(F)(F)F)n1. The van der Waals surface area contributed by atoms with E-state index in [4.69, 9.17) is 11.6 Å². The number of hydrogen-bond acceptors (Lipinski definition) is 7. The summed E-state index contributed by atoms with van der Waals surface area (Å²) in [5.74, 6) is 0.204. The van der Waals surface area contributed by atoms with Crippen LogP contribution in [0.1, 0.15) is 17.0 Å². The molecule has 7 nitrogen and oxygen atoms in total. The number of aryl methyl sites for hydroxylation is 1. The topological polar surface area (TPSA) is 74.3 Å². The minimum Gasteiger partial charge on any atom is -0.296 e. The number of alkyl halides is 6. The Morgan fingerprint density at radius 2 is 1.89 bits per heavy atom. The molecule has 0 aromatic carbocycles. The molecule has 0 spiro atoms. The van der Waals surface area contributed by atoms with Gasteiger partial charge >= 0.3 is 12.4 Å². The van der Waals surface area contributed by atoms with E-state index in [1.54, 1.807) is 0 Å². The summed E-state index contributed by atoms with van der Waals surface area (Å²) in [6.45, 7) is 5.27. The number of allylic oxidation sites excluding steroid dienone is 1. The maximum atomic E-state index is 13.4. The summed E-state index contributed by atoms with van der Waals surface area (Å²) in [6, 6.07) is 1.67. The van der Waals surface area contributed by atoms with Crippen LogP contribution in [0.4, 0.5) is 26.3 Å². The Bertz CT molecular complexity index is 1390. The first-order chi connectivity index (χ1) is 16.4. The first-order valence-electron chi connectivity index (χ1n) is 9.43. The Morgan fingerprint density at radius 1 is 1.14 bits per heavy atom. The molecule has 16 heteroatoms. The fraction of sp³-hybridized carbons (Fsp3) is 0.211. The first-order valence-corrected chi connectivity index (χ1v) is 11.5. The van der Waals surface area contributed by atoms with Crippen molar-refractivity contribution >= 4 is 34.7 Å². The van der Waals surface area contributed by atoms with Gasteiger partial charge in [-0.05, 0) is 30.8 Å². The first kappa shape index (κ1) is 25.2. The number of hydrogen-bond donors (Lipinski definition) is 0. The summed E-state index contributed by atoms with van der Waals surface area (Å²) in [7, 11) is 0. The van der Waals surface area contributed by atoms with Crippen molar-refractivity contribution < 1.29 is 26.3 Å². The van der Waals surface area contributed by atoms with Gasteiger partial charge in [0.1, 0.15) is 10.7 Å². The molecular weight excluding hydrogens is 540 g/mol. The molecule has 0 radical (unpaired) electrons. The molecule has 0 fully saturated rings. The average Bonchev–Trinajstić information content (AvgIpc) is 3.47. The van der Waals surface area contributed by atoms with Crippen molar-refractivity contribution in [1.82, 2.24) is 34.5 Å². The zero-order valence-electron chi connectivity index (χ0n) is 17.4. The number of pyridine rings is 1. The Hall–Kier alpha value is -2.91. The van der Waals surface area contributed by atoms with Crippen molar-refractivity contribution in [1.29, 1.82) is 0 Å². The molecule has 0 saturated carbocycles. The van der Waals surface area contributed by atoms with Gasteiger partial charge in [-0.25, -0.2) is 14.6 Å². The Kier molecular flexibility index (Phi) is 6.68. The fourth-order valence-corrected chi connectivity index (χ4v) is 4.74. The maximum absolute atomic E-state index is 13.4. The monoisotopic (exact) mass is 551 g/mol. The molecule has 4 rings (SSSR count). The van der Waals surface area contributed by atoms with Crippen LogP contribution in [0, 0.1) is 6.92 Å². The van der Waals surface area contributed by atoms with Gasteiger partial charge in [0.2, 0.25) is 5.13 Å². The standard InChI is InChI=1S/C19H12ClF6N7S2/c1-3-4-32-14(12-8-34-16(28-12)33-13(19(24,25)26)5-9(2)31-33)29-30-17(32)35-15-11(20)6-10(7-27-15)18(21,22)23/h3,5-8H,1,4H2,2H3. The number of nitrogens with zero attached hydrogens (tertiary/aromatic N) is 7. The zero-order valence-corrected chi connectivity index (χ0v) is 19.8. The van der Waals surface area contributed by atoms with Gasteiger partial charge in [-0.3, -0.25) is 4.57 Å². The van der Waals surface area contributed by atoms with Crippen molar-refractivity contribution in [2.45, 2.75) is 36.0 Å². The van der Waals surface area contributed by atoms with Crippen molar-refractivity contribution in [3.05, 3.63) is 58.3 Å². The summed E-state index contributed by atoms with van der Waals surface area (Å²) < 4.78 is 81.0. The number of thiazole rings is 1. The summed E-state index contributed by atoms with van der Waals surface area (Å²) in [5, 5.41) is 13.5. The van der Waals surface area contributed by atoms with Crippen LogP contribution in [0.5, 0.6) is 0 Å². The molecule has 4 aromatic rings. The van der Waals surface area contributed by atoms with Crippen LogP contribution in [-0.2, 0) is 18.9 Å². The molecule has 4 aromatic heterocycles. The number of rotatable bonds is 6. The molecule has 0 aliphatic carbocycles. The van der Waals surface area contributed by atoms with Gasteiger partial charge in [-0.15, -0.1) is 28.1 Å². The van der Waals surface area contributed by atoms with E-state index in [-0.39, 0.29) is 44.1 Å². The lowest BCUT2D eigenvalue weighted by molar-refractivity contribution is -0.142. The smallest absolute Gasteiger partial charge is 0.296 e. The number of aromatic nitrogens is 7. The van der Waals surface area contributed by atoms with Crippen LogP contribution in [-0.4, -0.2) is 34.5 Å². The second-order valence-electron chi connectivity index (χ2n) is 6.91. The van der Waals surface area contributed by atoms with Gasteiger partial charge in [0.05, 0.1) is 16.3 Å². The quantitative estimate of drug-likeness (QED) is 0.206. The van der Waals surface area contributed by atoms with E-state index in [1.807, 2.05) is 0 Å². The van der Waals surface area contributed by atoms with Crippen LogP contribution < -0.4 is 0 Å². The van der Waals surface area contributed by atoms with E-state index in [0.717, 1.165) is 35.2 Å². The molecule has 35 heavy (non-hydrogen) atoms. The highest BCUT2D eigenvalue weighted by molar-refractivity contribution is 7.99. The summed E-state index contributed by atoms with van der Waals surface area (Å²) in [5.41, 5.74) is -1.58. The second-order valence-corrected chi connectivity index (χ2v) is 9.11. The third kappa shape index (κ3) is 5.21. The van der Waals surface area contributed by atoms with Crippen LogP contribution >= 0.6 is 34.7 Å². The second kappa shape index (κ2) is 9.28. The predicted molar refractivity (Wildman–Crippen MR) is 117 cm³/mol. The van der Waals surface area contributed by atoms with E-state index in [2.05, 4.69) is 31.8 Å². The highest BCUT2D eigenvalue weighted by atomic mass is 35.5. The molecule has 0 aliphatic heterocycles. The van der Waals surface area contributed by atoms with Crippen molar-refractivity contribution in [3.63, 3.8) is 0 Å². The molecule has 184 valence electrons. The minimum atomic E-state index is -4.63. The van der Waals surface area contributed by atoms with Gasteiger partial charge in [-0.1, -0.05) is 17.7 Å². The highest BCUT2D eigenvalue weighted by Crippen LogP contribution is 2.37. The largest absolute Gasteiger partial charge is 0.433 e. The van der Waals surface area contributed by atoms with E-state index in [0.29, 0.717) is 10.9 Å². The van der Waals surface area contributed by atoms with E-state index < -0.39 is 23.6 Å². The molecule has 0 amide bonds. The van der Waals surface area contributed by atoms with Crippen molar-refractivity contribution in [2.75, 3.05) is 0 Å². The van der Waals surface area contributed by atoms with E-state index in [9.17, 15) is 26.3 Å². The maximum Gasteiger partial charge on any atom is 0.433 e. The Balaban J connectivity index is 1.69.